The minimum Gasteiger partial charge on any atom is -0.497 e. The zero-order chi connectivity index (χ0) is 15.7. The van der Waals surface area contributed by atoms with Crippen LogP contribution in [0.5, 0.6) is 5.75 Å². The average molecular weight is 317 g/mol. The van der Waals surface area contributed by atoms with Crippen molar-refractivity contribution in [3.05, 3.63) is 47.0 Å². The smallest absolute Gasteiger partial charge is 0.160 e. The van der Waals surface area contributed by atoms with Gasteiger partial charge in [-0.1, -0.05) is 37.6 Å². The zero-order valence-corrected chi connectivity index (χ0v) is 13.5. The molecule has 0 radical (unpaired) electrons. The monoisotopic (exact) mass is 316 g/mol. The Labute approximate surface area is 133 Å². The summed E-state index contributed by atoms with van der Waals surface area (Å²) in [7, 11) is 1.65. The summed E-state index contributed by atoms with van der Waals surface area (Å²) in [5.74, 6) is 1.80. The van der Waals surface area contributed by atoms with Gasteiger partial charge in [-0.25, -0.2) is 9.97 Å². The van der Waals surface area contributed by atoms with Crippen molar-refractivity contribution in [2.45, 2.75) is 26.3 Å². The van der Waals surface area contributed by atoms with E-state index in [1.165, 1.54) is 0 Å². The standard InChI is InChI=1S/C16H17ClN4O/c1-10(2)16-18-13-9-21(20-14(13)15(17)19-16)8-11-4-6-12(22-3)7-5-11/h4-7,9-10H,8H2,1-3H3. The first kappa shape index (κ1) is 14.8. The summed E-state index contributed by atoms with van der Waals surface area (Å²) < 4.78 is 6.99. The number of halogens is 1. The van der Waals surface area contributed by atoms with Gasteiger partial charge in [-0.15, -0.1) is 0 Å². The fraction of sp³-hybridized carbons (Fsp3) is 0.312. The van der Waals surface area contributed by atoms with E-state index in [2.05, 4.69) is 15.1 Å². The fourth-order valence-corrected chi connectivity index (χ4v) is 2.42. The number of aromatic nitrogens is 4. The van der Waals surface area contributed by atoms with Crippen LogP contribution in [0.25, 0.3) is 11.0 Å². The number of nitrogens with zero attached hydrogens (tertiary/aromatic N) is 4. The maximum atomic E-state index is 6.22. The summed E-state index contributed by atoms with van der Waals surface area (Å²) in [5, 5.41) is 4.88. The lowest BCUT2D eigenvalue weighted by molar-refractivity contribution is 0.414. The van der Waals surface area contributed by atoms with Gasteiger partial charge in [0.05, 0.1) is 19.9 Å². The van der Waals surface area contributed by atoms with Crippen molar-refractivity contribution in [2.24, 2.45) is 0 Å². The molecule has 0 saturated heterocycles. The first-order valence-electron chi connectivity index (χ1n) is 7.10. The lowest BCUT2D eigenvalue weighted by atomic mass is 10.2. The molecule has 1 aromatic carbocycles. The Morgan fingerprint density at radius 3 is 2.55 bits per heavy atom. The lowest BCUT2D eigenvalue weighted by Gasteiger charge is -2.03. The quantitative estimate of drug-likeness (QED) is 0.689. The second-order valence-electron chi connectivity index (χ2n) is 5.44. The SMILES string of the molecule is COc1ccc(Cn2cc3nc(C(C)C)nc(Cl)c3n2)cc1. The molecule has 2 aromatic heterocycles. The molecule has 0 aliphatic rings. The van der Waals surface area contributed by atoms with Crippen molar-refractivity contribution in [3.8, 4) is 5.75 Å². The zero-order valence-electron chi connectivity index (χ0n) is 12.7. The number of fused-ring (bicyclic) bond motifs is 1. The van der Waals surface area contributed by atoms with E-state index in [1.807, 2.05) is 49.0 Å². The predicted octanol–water partition coefficient (Wildman–Crippen LogP) is 3.66. The van der Waals surface area contributed by atoms with E-state index < -0.39 is 0 Å². The first-order valence-corrected chi connectivity index (χ1v) is 7.48. The van der Waals surface area contributed by atoms with Crippen LogP contribution >= 0.6 is 11.6 Å². The molecule has 0 aliphatic heterocycles. The molecule has 22 heavy (non-hydrogen) atoms. The van der Waals surface area contributed by atoms with Crippen LogP contribution in [0.3, 0.4) is 0 Å². The summed E-state index contributed by atoms with van der Waals surface area (Å²) in [4.78, 5) is 8.83. The maximum absolute atomic E-state index is 6.22. The van der Waals surface area contributed by atoms with E-state index in [4.69, 9.17) is 16.3 Å². The number of hydrogen-bond acceptors (Lipinski definition) is 4. The van der Waals surface area contributed by atoms with Gasteiger partial charge in [0.1, 0.15) is 22.6 Å². The van der Waals surface area contributed by atoms with Gasteiger partial charge in [-0.05, 0) is 17.7 Å². The highest BCUT2D eigenvalue weighted by Gasteiger charge is 2.12. The lowest BCUT2D eigenvalue weighted by Crippen LogP contribution is -2.00. The molecule has 3 aromatic rings. The molecule has 0 fully saturated rings. The normalized spacial score (nSPS) is 11.3. The molecular weight excluding hydrogens is 300 g/mol. The summed E-state index contributed by atoms with van der Waals surface area (Å²) in [6.07, 6.45) is 1.90. The third-order valence-electron chi connectivity index (χ3n) is 3.41. The van der Waals surface area contributed by atoms with Gasteiger partial charge >= 0.3 is 0 Å². The Morgan fingerprint density at radius 2 is 1.91 bits per heavy atom. The predicted molar refractivity (Wildman–Crippen MR) is 86.5 cm³/mol. The Kier molecular flexibility index (Phi) is 3.98. The van der Waals surface area contributed by atoms with Crippen LogP contribution in [0.15, 0.2) is 30.5 Å². The van der Waals surface area contributed by atoms with Crippen molar-refractivity contribution in [1.29, 1.82) is 0 Å². The molecule has 0 aliphatic carbocycles. The van der Waals surface area contributed by atoms with E-state index in [1.54, 1.807) is 7.11 Å². The maximum Gasteiger partial charge on any atom is 0.160 e. The van der Waals surface area contributed by atoms with E-state index in [-0.39, 0.29) is 5.92 Å². The van der Waals surface area contributed by atoms with Gasteiger partial charge in [-0.2, -0.15) is 5.10 Å². The van der Waals surface area contributed by atoms with E-state index >= 15 is 0 Å². The molecule has 0 atom stereocenters. The first-order chi connectivity index (χ1) is 10.6. The molecular formula is C16H17ClN4O. The highest BCUT2D eigenvalue weighted by Crippen LogP contribution is 2.22. The third kappa shape index (κ3) is 2.90. The Morgan fingerprint density at radius 1 is 1.18 bits per heavy atom. The topological polar surface area (TPSA) is 52.8 Å². The minimum absolute atomic E-state index is 0.229. The van der Waals surface area contributed by atoms with Crippen molar-refractivity contribution in [2.75, 3.05) is 7.11 Å². The van der Waals surface area contributed by atoms with Gasteiger partial charge in [-0.3, -0.25) is 4.68 Å². The molecule has 0 bridgehead atoms. The Hall–Kier alpha value is -2.14. The third-order valence-corrected chi connectivity index (χ3v) is 3.67. The molecule has 0 saturated carbocycles. The van der Waals surface area contributed by atoms with Crippen LogP contribution in [0, 0.1) is 0 Å². The number of benzene rings is 1. The van der Waals surface area contributed by atoms with E-state index in [0.29, 0.717) is 17.2 Å². The molecule has 0 N–H and O–H groups in total. The summed E-state index contributed by atoms with van der Waals surface area (Å²) >= 11 is 6.22. The van der Waals surface area contributed by atoms with Gasteiger partial charge in [0, 0.05) is 5.92 Å². The van der Waals surface area contributed by atoms with Crippen LogP contribution in [0.1, 0.15) is 31.2 Å². The van der Waals surface area contributed by atoms with Crippen molar-refractivity contribution in [3.63, 3.8) is 0 Å². The Bertz CT molecular complexity index is 796. The number of ether oxygens (including phenoxy) is 1. The minimum atomic E-state index is 0.229. The Balaban J connectivity index is 1.92. The highest BCUT2D eigenvalue weighted by molar-refractivity contribution is 6.33. The molecule has 2 heterocycles. The molecule has 0 spiro atoms. The van der Waals surface area contributed by atoms with E-state index in [9.17, 15) is 0 Å². The van der Waals surface area contributed by atoms with Gasteiger partial charge < -0.3 is 4.74 Å². The van der Waals surface area contributed by atoms with Crippen LogP contribution in [-0.2, 0) is 6.54 Å². The van der Waals surface area contributed by atoms with Crippen LogP contribution in [0.4, 0.5) is 0 Å². The largest absolute Gasteiger partial charge is 0.497 e. The second-order valence-corrected chi connectivity index (χ2v) is 5.79. The van der Waals surface area contributed by atoms with Gasteiger partial charge in [0.15, 0.2) is 5.15 Å². The van der Waals surface area contributed by atoms with Crippen molar-refractivity contribution in [1.82, 2.24) is 19.7 Å². The van der Waals surface area contributed by atoms with Crippen molar-refractivity contribution >= 4 is 22.6 Å². The van der Waals surface area contributed by atoms with Gasteiger partial charge in [0.2, 0.25) is 0 Å². The molecule has 0 amide bonds. The number of methoxy groups -OCH3 is 1. The highest BCUT2D eigenvalue weighted by atomic mass is 35.5. The van der Waals surface area contributed by atoms with Crippen LogP contribution in [-0.4, -0.2) is 26.9 Å². The van der Waals surface area contributed by atoms with Gasteiger partial charge in [0.25, 0.3) is 0 Å². The molecule has 114 valence electrons. The summed E-state index contributed by atoms with van der Waals surface area (Å²) in [5.41, 5.74) is 2.54. The molecule has 3 rings (SSSR count). The molecule has 0 unspecified atom stereocenters. The van der Waals surface area contributed by atoms with Crippen molar-refractivity contribution < 1.29 is 4.74 Å². The van der Waals surface area contributed by atoms with E-state index in [0.717, 1.165) is 22.7 Å². The second kappa shape index (κ2) is 5.93. The molecule has 5 nitrogen and oxygen atoms in total. The van der Waals surface area contributed by atoms with Crippen LogP contribution < -0.4 is 4.74 Å². The summed E-state index contributed by atoms with van der Waals surface area (Å²) in [6.45, 7) is 4.73. The summed E-state index contributed by atoms with van der Waals surface area (Å²) in [6, 6.07) is 7.89. The molecule has 6 heteroatoms. The average Bonchev–Trinajstić information content (AvgIpc) is 2.91. The number of rotatable bonds is 4. The fourth-order valence-electron chi connectivity index (χ4n) is 2.20. The van der Waals surface area contributed by atoms with Crippen LogP contribution in [0.2, 0.25) is 5.15 Å². The number of hydrogen-bond donors (Lipinski definition) is 0.